The van der Waals surface area contributed by atoms with Gasteiger partial charge in [-0.05, 0) is 67.1 Å². The Morgan fingerprint density at radius 3 is 2.39 bits per heavy atom. The maximum Gasteiger partial charge on any atom is 0.262 e. The highest BCUT2D eigenvalue weighted by Gasteiger charge is 2.09. The number of carbonyl (C=O) groups excluding carboxylic acids is 2. The van der Waals surface area contributed by atoms with Gasteiger partial charge in [0.1, 0.15) is 0 Å². The van der Waals surface area contributed by atoms with Crippen molar-refractivity contribution >= 4 is 39.4 Å². The van der Waals surface area contributed by atoms with E-state index in [0.717, 1.165) is 10.0 Å². The number of para-hydroxylation sites is 1. The number of ether oxygens (including phenoxy) is 2. The zero-order valence-corrected chi connectivity index (χ0v) is 18.6. The van der Waals surface area contributed by atoms with Gasteiger partial charge < -0.3 is 14.8 Å². The van der Waals surface area contributed by atoms with Gasteiger partial charge in [0.2, 0.25) is 0 Å². The molecule has 0 aliphatic rings. The smallest absolute Gasteiger partial charge is 0.262 e. The van der Waals surface area contributed by atoms with Crippen molar-refractivity contribution in [3.63, 3.8) is 0 Å². The van der Waals surface area contributed by atoms with E-state index in [1.807, 2.05) is 37.3 Å². The Hall–Kier alpha value is -3.38. The number of nitrogens with one attached hydrogen (secondary N) is 1. The second-order valence-electron chi connectivity index (χ2n) is 6.55. The zero-order valence-electron chi connectivity index (χ0n) is 17.0. The summed E-state index contributed by atoms with van der Waals surface area (Å²) >= 11 is 3.36. The van der Waals surface area contributed by atoms with Crippen molar-refractivity contribution in [1.82, 2.24) is 0 Å². The summed E-state index contributed by atoms with van der Waals surface area (Å²) in [5.74, 6) is 0.607. The average Bonchev–Trinajstić information content (AvgIpc) is 2.78. The molecule has 0 bridgehead atoms. The van der Waals surface area contributed by atoms with Gasteiger partial charge in [0.15, 0.2) is 23.9 Å². The third-order valence-corrected chi connectivity index (χ3v) is 4.77. The molecule has 31 heavy (non-hydrogen) atoms. The van der Waals surface area contributed by atoms with Crippen molar-refractivity contribution in [1.29, 1.82) is 0 Å². The molecule has 3 rings (SSSR count). The molecule has 3 aromatic carbocycles. The largest absolute Gasteiger partial charge is 0.490 e. The van der Waals surface area contributed by atoms with Gasteiger partial charge in [-0.3, -0.25) is 9.59 Å². The minimum Gasteiger partial charge on any atom is -0.490 e. The molecule has 0 atom stereocenters. The fraction of sp³-hybridized carbons (Fsp3) is 0.120. The minimum atomic E-state index is -0.266. The Labute approximate surface area is 189 Å². The number of hydrogen-bond acceptors (Lipinski definition) is 4. The maximum absolute atomic E-state index is 12.3. The molecule has 158 valence electrons. The molecule has 0 aliphatic carbocycles. The van der Waals surface area contributed by atoms with Crippen molar-refractivity contribution in [2.75, 3.05) is 18.5 Å². The van der Waals surface area contributed by atoms with Crippen LogP contribution in [-0.4, -0.2) is 24.9 Å². The van der Waals surface area contributed by atoms with Crippen LogP contribution in [0.2, 0.25) is 0 Å². The average molecular weight is 480 g/mol. The summed E-state index contributed by atoms with van der Waals surface area (Å²) in [5.41, 5.74) is 2.10. The summed E-state index contributed by atoms with van der Waals surface area (Å²) in [5, 5.41) is 2.77. The summed E-state index contributed by atoms with van der Waals surface area (Å²) in [6, 6.07) is 21.7. The highest BCUT2D eigenvalue weighted by molar-refractivity contribution is 9.10. The molecule has 0 spiro atoms. The van der Waals surface area contributed by atoms with Crippen LogP contribution in [0.15, 0.2) is 83.3 Å². The van der Waals surface area contributed by atoms with Gasteiger partial charge in [0, 0.05) is 15.7 Å². The molecule has 0 saturated carbocycles. The van der Waals surface area contributed by atoms with Crippen LogP contribution in [0, 0.1) is 0 Å². The molecule has 0 aliphatic heterocycles. The molecule has 0 fully saturated rings. The van der Waals surface area contributed by atoms with E-state index in [2.05, 4.69) is 21.2 Å². The van der Waals surface area contributed by atoms with Crippen LogP contribution in [0.3, 0.4) is 0 Å². The van der Waals surface area contributed by atoms with Gasteiger partial charge in [-0.1, -0.05) is 46.3 Å². The standard InChI is InChI=1S/C25H22BrNO4/c1-2-30-24-16-18(8-14-22(28)19-10-12-20(26)13-11-19)9-15-23(24)31-17-25(29)27-21-6-4-3-5-7-21/h3-16H,2,17H2,1H3,(H,27,29)/b14-8+. The van der Waals surface area contributed by atoms with Crippen LogP contribution in [0.4, 0.5) is 5.69 Å². The molecule has 6 heteroatoms. The predicted molar refractivity (Wildman–Crippen MR) is 126 cm³/mol. The van der Waals surface area contributed by atoms with E-state index >= 15 is 0 Å². The van der Waals surface area contributed by atoms with Crippen LogP contribution in [-0.2, 0) is 4.79 Å². The van der Waals surface area contributed by atoms with Crippen molar-refractivity contribution < 1.29 is 19.1 Å². The molecule has 3 aromatic rings. The van der Waals surface area contributed by atoms with Crippen LogP contribution >= 0.6 is 15.9 Å². The summed E-state index contributed by atoms with van der Waals surface area (Å²) in [6.45, 7) is 2.16. The van der Waals surface area contributed by atoms with Crippen molar-refractivity contribution in [3.05, 3.63) is 94.5 Å². The van der Waals surface area contributed by atoms with Gasteiger partial charge in [0.25, 0.3) is 5.91 Å². The molecule has 0 radical (unpaired) electrons. The molecule has 0 heterocycles. The number of hydrogen-bond donors (Lipinski definition) is 1. The highest BCUT2D eigenvalue weighted by Crippen LogP contribution is 2.29. The van der Waals surface area contributed by atoms with Gasteiger partial charge in [-0.25, -0.2) is 0 Å². The van der Waals surface area contributed by atoms with Crippen LogP contribution in [0.1, 0.15) is 22.8 Å². The fourth-order valence-corrected chi connectivity index (χ4v) is 3.02. The number of allylic oxidation sites excluding steroid dienone is 1. The van der Waals surface area contributed by atoms with Crippen LogP contribution < -0.4 is 14.8 Å². The minimum absolute atomic E-state index is 0.0941. The van der Waals surface area contributed by atoms with Gasteiger partial charge >= 0.3 is 0 Å². The van der Waals surface area contributed by atoms with E-state index in [1.165, 1.54) is 6.08 Å². The quantitative estimate of drug-likeness (QED) is 0.312. The topological polar surface area (TPSA) is 64.6 Å². The molecule has 1 amide bonds. The second kappa shape index (κ2) is 11.1. The van der Waals surface area contributed by atoms with E-state index < -0.39 is 0 Å². The molecular weight excluding hydrogens is 458 g/mol. The lowest BCUT2D eigenvalue weighted by molar-refractivity contribution is -0.118. The number of ketones is 1. The Balaban J connectivity index is 1.65. The van der Waals surface area contributed by atoms with E-state index in [0.29, 0.717) is 29.4 Å². The fourth-order valence-electron chi connectivity index (χ4n) is 2.76. The summed E-state index contributed by atoms with van der Waals surface area (Å²) in [6.07, 6.45) is 3.24. The van der Waals surface area contributed by atoms with Gasteiger partial charge in [-0.2, -0.15) is 0 Å². The molecule has 0 saturated heterocycles. The molecule has 5 nitrogen and oxygen atoms in total. The lowest BCUT2D eigenvalue weighted by Gasteiger charge is -2.12. The molecule has 0 unspecified atom stereocenters. The Kier molecular flexibility index (Phi) is 8.01. The monoisotopic (exact) mass is 479 g/mol. The number of benzene rings is 3. The first kappa shape index (κ1) is 22.3. The van der Waals surface area contributed by atoms with Gasteiger partial charge in [0.05, 0.1) is 6.61 Å². The van der Waals surface area contributed by atoms with E-state index in [9.17, 15) is 9.59 Å². The number of carbonyl (C=O) groups is 2. The van der Waals surface area contributed by atoms with E-state index in [-0.39, 0.29) is 18.3 Å². The maximum atomic E-state index is 12.3. The number of rotatable bonds is 9. The van der Waals surface area contributed by atoms with E-state index in [1.54, 1.807) is 48.5 Å². The predicted octanol–water partition coefficient (Wildman–Crippen LogP) is 5.76. The lowest BCUT2D eigenvalue weighted by atomic mass is 10.1. The molecule has 1 N–H and O–H groups in total. The first-order valence-electron chi connectivity index (χ1n) is 9.77. The first-order chi connectivity index (χ1) is 15.0. The normalized spacial score (nSPS) is 10.6. The van der Waals surface area contributed by atoms with Gasteiger partial charge in [-0.15, -0.1) is 0 Å². The molecule has 0 aromatic heterocycles. The number of amides is 1. The third-order valence-electron chi connectivity index (χ3n) is 4.24. The van der Waals surface area contributed by atoms with Crippen molar-refractivity contribution in [2.24, 2.45) is 0 Å². The zero-order chi connectivity index (χ0) is 22.1. The van der Waals surface area contributed by atoms with Crippen LogP contribution in [0.5, 0.6) is 11.5 Å². The Bertz CT molecular complexity index is 1060. The Morgan fingerprint density at radius 1 is 0.935 bits per heavy atom. The summed E-state index contributed by atoms with van der Waals surface area (Å²) in [7, 11) is 0. The Morgan fingerprint density at radius 2 is 1.68 bits per heavy atom. The summed E-state index contributed by atoms with van der Waals surface area (Å²) < 4.78 is 12.2. The molecular formula is C25H22BrNO4. The number of anilines is 1. The van der Waals surface area contributed by atoms with E-state index in [4.69, 9.17) is 9.47 Å². The SMILES string of the molecule is CCOc1cc(/C=C/C(=O)c2ccc(Br)cc2)ccc1OCC(=O)Nc1ccccc1. The first-order valence-corrected chi connectivity index (χ1v) is 10.6. The van der Waals surface area contributed by atoms with Crippen molar-refractivity contribution in [3.8, 4) is 11.5 Å². The van der Waals surface area contributed by atoms with Crippen molar-refractivity contribution in [2.45, 2.75) is 6.92 Å². The third kappa shape index (κ3) is 6.83. The highest BCUT2D eigenvalue weighted by atomic mass is 79.9. The number of halogens is 1. The summed E-state index contributed by atoms with van der Waals surface area (Å²) in [4.78, 5) is 24.5. The second-order valence-corrected chi connectivity index (χ2v) is 7.46. The van der Waals surface area contributed by atoms with Crippen LogP contribution in [0.25, 0.3) is 6.08 Å². The lowest BCUT2D eigenvalue weighted by Crippen LogP contribution is -2.20.